The van der Waals surface area contributed by atoms with Crippen molar-refractivity contribution in [3.8, 4) is 0 Å². The van der Waals surface area contributed by atoms with Crippen LogP contribution < -0.4 is 15.5 Å². The number of hydrogen-bond acceptors (Lipinski definition) is 4. The molecule has 0 spiro atoms. The third kappa shape index (κ3) is 6.80. The summed E-state index contributed by atoms with van der Waals surface area (Å²) in [5.41, 5.74) is 0.911. The zero-order chi connectivity index (χ0) is 26.4. The van der Waals surface area contributed by atoms with Crippen LogP contribution in [0.4, 0.5) is 15.8 Å². The predicted molar refractivity (Wildman–Crippen MR) is 144 cm³/mol. The van der Waals surface area contributed by atoms with E-state index in [1.54, 1.807) is 13.0 Å². The van der Waals surface area contributed by atoms with Gasteiger partial charge in [0.1, 0.15) is 23.4 Å². The molecule has 1 saturated carbocycles. The highest BCUT2D eigenvalue weighted by Gasteiger charge is 2.31. The molecule has 2 N–H and O–H groups in total. The lowest BCUT2D eigenvalue weighted by atomic mass is 10.1. The quantitative estimate of drug-likeness (QED) is 0.441. The van der Waals surface area contributed by atoms with Crippen molar-refractivity contribution in [3.63, 3.8) is 0 Å². The lowest BCUT2D eigenvalue weighted by Crippen LogP contribution is -2.51. The first-order chi connectivity index (χ1) is 17.8. The predicted octanol–water partition coefficient (Wildman–Crippen LogP) is 4.15. The SMILES string of the molecule is C[C@@H](C(=O)NC1CCCC1)N(C(=O)C[S@](=O)CC(=O)Nc1ccc(F)cc1)c1cccc2ccccc12. The van der Waals surface area contributed by atoms with Gasteiger partial charge in [-0.05, 0) is 55.5 Å². The van der Waals surface area contributed by atoms with Crippen molar-refractivity contribution in [1.82, 2.24) is 5.32 Å². The third-order valence-corrected chi connectivity index (χ3v) is 7.62. The number of hydrogen-bond donors (Lipinski definition) is 2. The summed E-state index contributed by atoms with van der Waals surface area (Å²) in [6.07, 6.45) is 3.94. The second kappa shape index (κ2) is 12.1. The van der Waals surface area contributed by atoms with Gasteiger partial charge in [-0.15, -0.1) is 0 Å². The van der Waals surface area contributed by atoms with Gasteiger partial charge in [0, 0.05) is 27.9 Å². The van der Waals surface area contributed by atoms with Gasteiger partial charge in [-0.3, -0.25) is 23.5 Å². The van der Waals surface area contributed by atoms with Gasteiger partial charge in [0.25, 0.3) is 0 Å². The summed E-state index contributed by atoms with van der Waals surface area (Å²) in [5, 5.41) is 7.30. The standard InChI is InChI=1S/C28H30FN3O4S/c1-19(28(35)31-22-9-3-4-10-22)32(25-12-6-8-20-7-2-5-11-24(20)25)27(34)18-37(36)17-26(33)30-23-15-13-21(29)14-16-23/h2,5-8,11-16,19,22H,3-4,9-10,17-18H2,1H3,(H,30,33)(H,31,35)/t19-,37+/m0/s1. The maximum absolute atomic E-state index is 13.5. The van der Waals surface area contributed by atoms with E-state index < -0.39 is 46.0 Å². The largest absolute Gasteiger partial charge is 0.352 e. The van der Waals surface area contributed by atoms with E-state index in [-0.39, 0.29) is 11.9 Å². The minimum Gasteiger partial charge on any atom is -0.352 e. The first-order valence-corrected chi connectivity index (χ1v) is 13.8. The van der Waals surface area contributed by atoms with E-state index in [4.69, 9.17) is 0 Å². The molecule has 7 nitrogen and oxygen atoms in total. The van der Waals surface area contributed by atoms with Crippen molar-refractivity contribution < 1.29 is 23.0 Å². The van der Waals surface area contributed by atoms with Gasteiger partial charge in [-0.2, -0.15) is 0 Å². The Bertz CT molecular complexity index is 1300. The average molecular weight is 524 g/mol. The van der Waals surface area contributed by atoms with Crippen LogP contribution in [0.25, 0.3) is 10.8 Å². The summed E-state index contributed by atoms with van der Waals surface area (Å²) >= 11 is 0. The first-order valence-electron chi connectivity index (χ1n) is 12.3. The number of nitrogens with one attached hydrogen (secondary N) is 2. The molecular weight excluding hydrogens is 493 g/mol. The maximum atomic E-state index is 13.5. The smallest absolute Gasteiger partial charge is 0.243 e. The van der Waals surface area contributed by atoms with Gasteiger partial charge in [0.15, 0.2) is 0 Å². The van der Waals surface area contributed by atoms with Crippen molar-refractivity contribution in [1.29, 1.82) is 0 Å². The Morgan fingerprint density at radius 3 is 2.38 bits per heavy atom. The van der Waals surface area contributed by atoms with E-state index in [0.29, 0.717) is 11.4 Å². The number of fused-ring (bicyclic) bond motifs is 1. The molecule has 3 aromatic rings. The summed E-state index contributed by atoms with van der Waals surface area (Å²) in [7, 11) is -1.83. The van der Waals surface area contributed by atoms with Crippen LogP contribution >= 0.6 is 0 Å². The number of halogens is 1. The first kappa shape index (κ1) is 26.5. The molecule has 3 aromatic carbocycles. The van der Waals surface area contributed by atoms with E-state index in [1.165, 1.54) is 29.2 Å². The zero-order valence-electron chi connectivity index (χ0n) is 20.6. The highest BCUT2D eigenvalue weighted by atomic mass is 32.2. The van der Waals surface area contributed by atoms with Gasteiger partial charge < -0.3 is 10.6 Å². The Morgan fingerprint density at radius 1 is 0.973 bits per heavy atom. The fraction of sp³-hybridized carbons (Fsp3) is 0.321. The molecule has 4 rings (SSSR count). The fourth-order valence-corrected chi connectivity index (χ4v) is 5.50. The van der Waals surface area contributed by atoms with Gasteiger partial charge in [-0.1, -0.05) is 49.2 Å². The van der Waals surface area contributed by atoms with Crippen LogP contribution in [0.1, 0.15) is 32.6 Å². The summed E-state index contributed by atoms with van der Waals surface area (Å²) < 4.78 is 25.9. The highest BCUT2D eigenvalue weighted by molar-refractivity contribution is 7.86. The molecule has 0 unspecified atom stereocenters. The molecule has 9 heteroatoms. The Hall–Kier alpha value is -3.59. The molecule has 0 radical (unpaired) electrons. The summed E-state index contributed by atoms with van der Waals surface area (Å²) in [5.74, 6) is -2.62. The highest BCUT2D eigenvalue weighted by Crippen LogP contribution is 2.29. The molecule has 37 heavy (non-hydrogen) atoms. The number of amides is 3. The molecule has 1 aliphatic carbocycles. The normalized spacial score (nSPS) is 15.2. The molecule has 0 bridgehead atoms. The Morgan fingerprint density at radius 2 is 1.65 bits per heavy atom. The molecule has 0 aliphatic heterocycles. The van der Waals surface area contributed by atoms with Gasteiger partial charge in [-0.25, -0.2) is 4.39 Å². The van der Waals surface area contributed by atoms with Crippen molar-refractivity contribution in [2.75, 3.05) is 21.7 Å². The summed E-state index contributed by atoms with van der Waals surface area (Å²) in [4.78, 5) is 40.5. The minimum atomic E-state index is -1.83. The molecule has 2 atom stereocenters. The fourth-order valence-electron chi connectivity index (χ4n) is 4.62. The number of nitrogens with zero attached hydrogens (tertiary/aromatic N) is 1. The van der Waals surface area contributed by atoms with Crippen molar-refractivity contribution in [3.05, 3.63) is 72.5 Å². The van der Waals surface area contributed by atoms with Crippen LogP contribution in [-0.4, -0.2) is 45.5 Å². The van der Waals surface area contributed by atoms with Crippen molar-refractivity contribution >= 4 is 50.7 Å². The molecule has 0 heterocycles. The maximum Gasteiger partial charge on any atom is 0.243 e. The monoisotopic (exact) mass is 523 g/mol. The lowest BCUT2D eigenvalue weighted by Gasteiger charge is -2.30. The number of rotatable bonds is 9. The molecule has 0 aromatic heterocycles. The zero-order valence-corrected chi connectivity index (χ0v) is 21.4. The van der Waals surface area contributed by atoms with E-state index in [0.717, 1.165) is 36.5 Å². The molecular formula is C28H30FN3O4S. The molecule has 194 valence electrons. The van der Waals surface area contributed by atoms with Crippen molar-refractivity contribution in [2.45, 2.75) is 44.7 Å². The number of carbonyl (C=O) groups excluding carboxylic acids is 3. The number of carbonyl (C=O) groups is 3. The van der Waals surface area contributed by atoms with Gasteiger partial charge in [0.2, 0.25) is 17.7 Å². The molecule has 3 amide bonds. The molecule has 1 fully saturated rings. The average Bonchev–Trinajstić information content (AvgIpc) is 3.38. The summed E-state index contributed by atoms with van der Waals surface area (Å²) in [6, 6.07) is 17.5. The Balaban J connectivity index is 1.52. The van der Waals surface area contributed by atoms with Crippen molar-refractivity contribution in [2.24, 2.45) is 0 Å². The second-order valence-electron chi connectivity index (χ2n) is 9.21. The van der Waals surface area contributed by atoms with E-state index in [2.05, 4.69) is 10.6 Å². The molecule has 0 saturated heterocycles. The van der Waals surface area contributed by atoms with E-state index >= 15 is 0 Å². The van der Waals surface area contributed by atoms with Crippen LogP contribution in [0, 0.1) is 5.82 Å². The van der Waals surface area contributed by atoms with Crippen LogP contribution in [0.2, 0.25) is 0 Å². The third-order valence-electron chi connectivity index (χ3n) is 6.47. The Kier molecular flexibility index (Phi) is 8.66. The van der Waals surface area contributed by atoms with E-state index in [9.17, 15) is 23.0 Å². The number of benzene rings is 3. The van der Waals surface area contributed by atoms with Crippen LogP contribution in [0.3, 0.4) is 0 Å². The van der Waals surface area contributed by atoms with Crippen LogP contribution in [0.5, 0.6) is 0 Å². The lowest BCUT2D eigenvalue weighted by molar-refractivity contribution is -0.125. The topological polar surface area (TPSA) is 95.6 Å². The van der Waals surface area contributed by atoms with Gasteiger partial charge in [0.05, 0.1) is 5.69 Å². The number of anilines is 2. The Labute approximate surface area is 217 Å². The molecule has 1 aliphatic rings. The van der Waals surface area contributed by atoms with Gasteiger partial charge >= 0.3 is 0 Å². The second-order valence-corrected chi connectivity index (χ2v) is 10.7. The minimum absolute atomic E-state index is 0.0868. The van der Waals surface area contributed by atoms with Crippen LogP contribution in [-0.2, 0) is 25.2 Å². The van der Waals surface area contributed by atoms with E-state index in [1.807, 2.05) is 36.4 Å². The van der Waals surface area contributed by atoms with Crippen LogP contribution in [0.15, 0.2) is 66.7 Å². The summed E-state index contributed by atoms with van der Waals surface area (Å²) in [6.45, 7) is 1.66.